The molecule has 0 saturated carbocycles. The molecule has 0 bridgehead atoms. The summed E-state index contributed by atoms with van der Waals surface area (Å²) < 4.78 is 2.01. The first kappa shape index (κ1) is 7.72. The van der Waals surface area contributed by atoms with Crippen LogP contribution in [0.15, 0.2) is 30.6 Å². The van der Waals surface area contributed by atoms with Crippen molar-refractivity contribution in [2.75, 3.05) is 6.54 Å². The topological polar surface area (TPSA) is 33.0 Å². The number of rotatable bonds is 4. The lowest BCUT2D eigenvalue weighted by Crippen LogP contribution is -2.37. The van der Waals surface area contributed by atoms with E-state index in [1.54, 1.807) is 0 Å². The maximum atomic E-state index is 9.87. The third-order valence-corrected chi connectivity index (χ3v) is 1.37. The van der Waals surface area contributed by atoms with Gasteiger partial charge in [-0.05, 0) is 0 Å². The van der Waals surface area contributed by atoms with Crippen molar-refractivity contribution in [3.8, 4) is 0 Å². The number of carbonyl (C=O) groups is 1. The summed E-state index contributed by atoms with van der Waals surface area (Å²) in [6.07, 6.45) is 4.64. The van der Waals surface area contributed by atoms with Gasteiger partial charge in [0.25, 0.3) is 0 Å². The third kappa shape index (κ3) is 2.80. The van der Waals surface area contributed by atoms with E-state index >= 15 is 0 Å². The van der Waals surface area contributed by atoms with Crippen molar-refractivity contribution >= 4 is 6.41 Å². The van der Waals surface area contributed by atoms with Crippen molar-refractivity contribution in [2.24, 2.45) is 0 Å². The number of aromatic nitrogens is 1. The highest BCUT2D eigenvalue weighted by molar-refractivity contribution is 5.45. The lowest BCUT2D eigenvalue weighted by Gasteiger charge is -1.93. The smallest absolute Gasteiger partial charge is 0.207 e. The van der Waals surface area contributed by atoms with E-state index in [-0.39, 0.29) is 0 Å². The van der Waals surface area contributed by atoms with Crippen molar-refractivity contribution in [1.29, 1.82) is 0 Å². The predicted octanol–water partition coefficient (Wildman–Crippen LogP) is -0.280. The minimum absolute atomic E-state index is 0.679. The van der Waals surface area contributed by atoms with Crippen molar-refractivity contribution < 1.29 is 9.36 Å². The van der Waals surface area contributed by atoms with Crippen LogP contribution in [-0.2, 0) is 11.3 Å². The molecule has 0 fully saturated rings. The molecule has 0 aliphatic carbocycles. The first-order valence-electron chi connectivity index (χ1n) is 3.54. The van der Waals surface area contributed by atoms with Crippen LogP contribution < -0.4 is 9.88 Å². The van der Waals surface area contributed by atoms with Crippen LogP contribution in [0.3, 0.4) is 0 Å². The van der Waals surface area contributed by atoms with Crippen LogP contribution >= 0.6 is 0 Å². The number of amides is 1. The molecule has 0 atom stereocenters. The summed E-state index contributed by atoms with van der Waals surface area (Å²) in [7, 11) is 0. The monoisotopic (exact) mass is 151 g/mol. The van der Waals surface area contributed by atoms with Crippen LogP contribution in [0.25, 0.3) is 0 Å². The van der Waals surface area contributed by atoms with E-state index in [1.165, 1.54) is 0 Å². The second-order valence-corrected chi connectivity index (χ2v) is 2.19. The lowest BCUT2D eigenvalue weighted by atomic mass is 10.5. The van der Waals surface area contributed by atoms with Gasteiger partial charge >= 0.3 is 0 Å². The van der Waals surface area contributed by atoms with Crippen LogP contribution in [0.4, 0.5) is 0 Å². The van der Waals surface area contributed by atoms with Crippen LogP contribution in [-0.4, -0.2) is 13.0 Å². The average Bonchev–Trinajstić information content (AvgIpc) is 2.07. The Kier molecular flexibility index (Phi) is 3.12. The molecule has 1 rings (SSSR count). The molecule has 3 heteroatoms. The van der Waals surface area contributed by atoms with Gasteiger partial charge in [-0.15, -0.1) is 0 Å². The third-order valence-electron chi connectivity index (χ3n) is 1.37. The Balaban J connectivity index is 2.33. The summed E-state index contributed by atoms with van der Waals surface area (Å²) in [5.41, 5.74) is 0. The fourth-order valence-electron chi connectivity index (χ4n) is 0.836. The minimum Gasteiger partial charge on any atom is -0.352 e. The normalized spacial score (nSPS) is 9.09. The molecule has 11 heavy (non-hydrogen) atoms. The zero-order chi connectivity index (χ0) is 7.94. The molecule has 0 aromatic carbocycles. The van der Waals surface area contributed by atoms with E-state index in [0.29, 0.717) is 13.0 Å². The highest BCUT2D eigenvalue weighted by Gasteiger charge is 1.94. The maximum absolute atomic E-state index is 9.87. The van der Waals surface area contributed by atoms with Gasteiger partial charge in [-0.2, -0.15) is 0 Å². The number of hydrogen-bond acceptors (Lipinski definition) is 1. The van der Waals surface area contributed by atoms with Crippen LogP contribution in [0.1, 0.15) is 0 Å². The highest BCUT2D eigenvalue weighted by atomic mass is 16.1. The Morgan fingerprint density at radius 3 is 2.64 bits per heavy atom. The van der Waals surface area contributed by atoms with Gasteiger partial charge in [-0.3, -0.25) is 4.79 Å². The molecule has 1 N–H and O–H groups in total. The maximum Gasteiger partial charge on any atom is 0.207 e. The summed E-state index contributed by atoms with van der Waals surface area (Å²) in [6, 6.07) is 5.88. The minimum atomic E-state index is 0.679. The number of carbonyl (C=O) groups excluding carboxylic acids is 1. The molecule has 0 unspecified atom stereocenters. The Bertz CT molecular complexity index is 211. The van der Waals surface area contributed by atoms with Crippen molar-refractivity contribution in [3.05, 3.63) is 30.6 Å². The fraction of sp³-hybridized carbons (Fsp3) is 0.250. The van der Waals surface area contributed by atoms with Crippen LogP contribution in [0.5, 0.6) is 0 Å². The highest BCUT2D eigenvalue weighted by Crippen LogP contribution is 1.75. The number of hydrogen-bond donors (Lipinski definition) is 1. The Labute approximate surface area is 65.7 Å². The Hall–Kier alpha value is -1.38. The van der Waals surface area contributed by atoms with Gasteiger partial charge in [0.2, 0.25) is 6.41 Å². The summed E-state index contributed by atoms with van der Waals surface area (Å²) >= 11 is 0. The summed E-state index contributed by atoms with van der Waals surface area (Å²) in [5.74, 6) is 0. The molecule has 3 nitrogen and oxygen atoms in total. The van der Waals surface area contributed by atoms with Gasteiger partial charge in [0, 0.05) is 12.1 Å². The first-order valence-corrected chi connectivity index (χ1v) is 3.54. The average molecular weight is 151 g/mol. The molecular formula is C8H11N2O+. The number of nitrogens with zero attached hydrogens (tertiary/aromatic N) is 1. The second kappa shape index (κ2) is 4.44. The molecule has 0 saturated heterocycles. The largest absolute Gasteiger partial charge is 0.352 e. The van der Waals surface area contributed by atoms with Gasteiger partial charge in [0.15, 0.2) is 18.9 Å². The van der Waals surface area contributed by atoms with E-state index in [9.17, 15) is 4.79 Å². The molecule has 1 aromatic rings. The molecular weight excluding hydrogens is 140 g/mol. The fourth-order valence-corrected chi connectivity index (χ4v) is 0.836. The van der Waals surface area contributed by atoms with Gasteiger partial charge < -0.3 is 5.32 Å². The molecule has 1 amide bonds. The van der Waals surface area contributed by atoms with Gasteiger partial charge in [-0.25, -0.2) is 4.57 Å². The lowest BCUT2D eigenvalue weighted by molar-refractivity contribution is -0.694. The summed E-state index contributed by atoms with van der Waals surface area (Å²) in [4.78, 5) is 9.87. The second-order valence-electron chi connectivity index (χ2n) is 2.19. The Morgan fingerprint density at radius 1 is 1.27 bits per heavy atom. The number of pyridine rings is 1. The quantitative estimate of drug-likeness (QED) is 0.358. The molecule has 0 aliphatic heterocycles. The van der Waals surface area contributed by atoms with E-state index in [1.807, 2.05) is 35.2 Å². The van der Waals surface area contributed by atoms with Gasteiger partial charge in [0.1, 0.15) is 0 Å². The zero-order valence-electron chi connectivity index (χ0n) is 6.23. The summed E-state index contributed by atoms with van der Waals surface area (Å²) in [6.45, 7) is 1.50. The summed E-state index contributed by atoms with van der Waals surface area (Å²) in [5, 5.41) is 2.60. The molecule has 1 aromatic heterocycles. The van der Waals surface area contributed by atoms with Crippen molar-refractivity contribution in [3.63, 3.8) is 0 Å². The SMILES string of the molecule is O=CNCC[n+]1ccccc1. The number of nitrogens with one attached hydrogen (secondary N) is 1. The molecule has 0 aliphatic rings. The van der Waals surface area contributed by atoms with Crippen LogP contribution in [0.2, 0.25) is 0 Å². The van der Waals surface area contributed by atoms with E-state index in [2.05, 4.69) is 5.32 Å². The first-order chi connectivity index (χ1) is 5.43. The molecule has 1 heterocycles. The zero-order valence-corrected chi connectivity index (χ0v) is 6.23. The van der Waals surface area contributed by atoms with Crippen LogP contribution in [0, 0.1) is 0 Å². The predicted molar refractivity (Wildman–Crippen MR) is 40.7 cm³/mol. The van der Waals surface area contributed by atoms with E-state index in [0.717, 1.165) is 6.54 Å². The standard InChI is InChI=1S/C8H10N2O/c11-8-9-4-7-10-5-2-1-3-6-10/h1-3,5-6,8H,4,7H2/p+1. The van der Waals surface area contributed by atoms with Crippen molar-refractivity contribution in [1.82, 2.24) is 5.32 Å². The van der Waals surface area contributed by atoms with Gasteiger partial charge in [-0.1, -0.05) is 6.07 Å². The molecule has 0 radical (unpaired) electrons. The van der Waals surface area contributed by atoms with E-state index in [4.69, 9.17) is 0 Å². The molecule has 0 spiro atoms. The van der Waals surface area contributed by atoms with Crippen molar-refractivity contribution in [2.45, 2.75) is 6.54 Å². The Morgan fingerprint density at radius 2 is 2.00 bits per heavy atom. The van der Waals surface area contributed by atoms with Gasteiger partial charge in [0.05, 0.1) is 6.54 Å². The van der Waals surface area contributed by atoms with E-state index < -0.39 is 0 Å². The molecule has 58 valence electrons.